The minimum atomic E-state index is 0.788. The molecule has 1 nitrogen and oxygen atoms in total. The average molecular weight is 239 g/mol. The Morgan fingerprint density at radius 2 is 1.65 bits per heavy atom. The largest absolute Gasteiger partial charge is 0.314 e. The fourth-order valence-electron chi connectivity index (χ4n) is 3.51. The van der Waals surface area contributed by atoms with Crippen LogP contribution in [0, 0.1) is 17.8 Å². The fourth-order valence-corrected chi connectivity index (χ4v) is 3.51. The van der Waals surface area contributed by atoms with Crippen molar-refractivity contribution >= 4 is 0 Å². The van der Waals surface area contributed by atoms with Crippen LogP contribution in [0.3, 0.4) is 0 Å². The summed E-state index contributed by atoms with van der Waals surface area (Å²) in [5.74, 6) is 2.82. The molecule has 0 aliphatic heterocycles. The second-order valence-electron chi connectivity index (χ2n) is 6.23. The molecule has 1 heteroatoms. The van der Waals surface area contributed by atoms with Crippen molar-refractivity contribution in [3.63, 3.8) is 0 Å². The van der Waals surface area contributed by atoms with E-state index in [4.69, 9.17) is 0 Å². The van der Waals surface area contributed by atoms with Crippen LogP contribution in [-0.2, 0) is 0 Å². The van der Waals surface area contributed by atoms with E-state index in [-0.39, 0.29) is 0 Å². The third kappa shape index (κ3) is 4.99. The topological polar surface area (TPSA) is 12.0 Å². The van der Waals surface area contributed by atoms with Gasteiger partial charge in [0.05, 0.1) is 0 Å². The summed E-state index contributed by atoms with van der Waals surface area (Å²) in [6, 6.07) is 0.788. The second-order valence-corrected chi connectivity index (χ2v) is 6.23. The zero-order valence-electron chi connectivity index (χ0n) is 12.5. The first-order valence-corrected chi connectivity index (χ1v) is 7.92. The molecule has 1 aliphatic rings. The van der Waals surface area contributed by atoms with Crippen molar-refractivity contribution in [3.8, 4) is 0 Å². The first-order valence-electron chi connectivity index (χ1n) is 7.92. The highest BCUT2D eigenvalue weighted by atomic mass is 14.9. The van der Waals surface area contributed by atoms with E-state index in [0.717, 1.165) is 30.3 Å². The Labute approximate surface area is 109 Å². The summed E-state index contributed by atoms with van der Waals surface area (Å²) in [4.78, 5) is 0. The highest BCUT2D eigenvalue weighted by Crippen LogP contribution is 2.33. The molecular weight excluding hydrogens is 206 g/mol. The lowest BCUT2D eigenvalue weighted by Gasteiger charge is -2.27. The molecule has 3 unspecified atom stereocenters. The van der Waals surface area contributed by atoms with Crippen LogP contribution >= 0.6 is 0 Å². The van der Waals surface area contributed by atoms with Crippen LogP contribution in [0.4, 0.5) is 0 Å². The lowest BCUT2D eigenvalue weighted by molar-refractivity contribution is 0.292. The maximum atomic E-state index is 3.73. The van der Waals surface area contributed by atoms with Gasteiger partial charge < -0.3 is 5.32 Å². The van der Waals surface area contributed by atoms with Gasteiger partial charge in [0.2, 0.25) is 0 Å². The molecular formula is C16H33N. The van der Waals surface area contributed by atoms with Crippen LogP contribution in [0.2, 0.25) is 0 Å². The fraction of sp³-hybridized carbons (Fsp3) is 1.00. The lowest BCUT2D eigenvalue weighted by atomic mass is 9.86. The van der Waals surface area contributed by atoms with Crippen molar-refractivity contribution in [3.05, 3.63) is 0 Å². The predicted molar refractivity (Wildman–Crippen MR) is 77.3 cm³/mol. The monoisotopic (exact) mass is 239 g/mol. The molecule has 0 bridgehead atoms. The van der Waals surface area contributed by atoms with E-state index in [1.807, 2.05) is 0 Å². The molecule has 0 saturated heterocycles. The molecule has 0 aromatic carbocycles. The van der Waals surface area contributed by atoms with Gasteiger partial charge in [-0.05, 0) is 50.0 Å². The number of hydrogen-bond acceptors (Lipinski definition) is 1. The quantitative estimate of drug-likeness (QED) is 0.667. The van der Waals surface area contributed by atoms with Gasteiger partial charge in [0, 0.05) is 6.04 Å². The Balaban J connectivity index is 2.47. The highest BCUT2D eigenvalue weighted by molar-refractivity contribution is 4.80. The summed E-state index contributed by atoms with van der Waals surface area (Å²) in [6.07, 6.45) is 10.0. The van der Waals surface area contributed by atoms with Gasteiger partial charge in [-0.3, -0.25) is 0 Å². The first kappa shape index (κ1) is 15.0. The van der Waals surface area contributed by atoms with Crippen molar-refractivity contribution in [1.82, 2.24) is 5.32 Å². The van der Waals surface area contributed by atoms with E-state index < -0.39 is 0 Å². The molecule has 0 heterocycles. The summed E-state index contributed by atoms with van der Waals surface area (Å²) in [7, 11) is 0. The van der Waals surface area contributed by atoms with Gasteiger partial charge in [-0.15, -0.1) is 0 Å². The van der Waals surface area contributed by atoms with Gasteiger partial charge in [0.15, 0.2) is 0 Å². The first-order chi connectivity index (χ1) is 8.19. The highest BCUT2D eigenvalue weighted by Gasteiger charge is 2.25. The van der Waals surface area contributed by atoms with E-state index in [2.05, 4.69) is 33.0 Å². The lowest BCUT2D eigenvalue weighted by Crippen LogP contribution is -2.36. The minimum absolute atomic E-state index is 0.788. The van der Waals surface area contributed by atoms with Crippen LogP contribution in [0.25, 0.3) is 0 Å². The van der Waals surface area contributed by atoms with Crippen LogP contribution in [-0.4, -0.2) is 12.6 Å². The molecule has 0 radical (unpaired) electrons. The van der Waals surface area contributed by atoms with E-state index in [1.165, 1.54) is 44.9 Å². The molecule has 17 heavy (non-hydrogen) atoms. The van der Waals surface area contributed by atoms with Crippen LogP contribution in [0.1, 0.15) is 72.6 Å². The van der Waals surface area contributed by atoms with Gasteiger partial charge in [0.25, 0.3) is 0 Å². The van der Waals surface area contributed by atoms with Crippen LogP contribution < -0.4 is 5.32 Å². The van der Waals surface area contributed by atoms with E-state index in [0.29, 0.717) is 0 Å². The molecule has 0 aromatic heterocycles. The second kappa shape index (κ2) is 8.13. The Kier molecular flexibility index (Phi) is 7.18. The minimum Gasteiger partial charge on any atom is -0.314 e. The molecule has 0 spiro atoms. The van der Waals surface area contributed by atoms with Gasteiger partial charge in [0.1, 0.15) is 0 Å². The zero-order chi connectivity index (χ0) is 12.7. The molecule has 1 saturated carbocycles. The molecule has 0 aromatic rings. The van der Waals surface area contributed by atoms with Crippen molar-refractivity contribution in [1.29, 1.82) is 0 Å². The Morgan fingerprint density at radius 3 is 2.24 bits per heavy atom. The number of rotatable bonds is 6. The summed E-state index contributed by atoms with van der Waals surface area (Å²) >= 11 is 0. The van der Waals surface area contributed by atoms with Crippen LogP contribution in [0.15, 0.2) is 0 Å². The van der Waals surface area contributed by atoms with Gasteiger partial charge in [-0.2, -0.15) is 0 Å². The van der Waals surface area contributed by atoms with E-state index >= 15 is 0 Å². The third-order valence-electron chi connectivity index (χ3n) is 4.64. The van der Waals surface area contributed by atoms with Crippen molar-refractivity contribution in [2.24, 2.45) is 17.8 Å². The molecule has 0 amide bonds. The molecule has 1 aliphatic carbocycles. The summed E-state index contributed by atoms with van der Waals surface area (Å²) in [5, 5.41) is 3.73. The smallest absolute Gasteiger partial charge is 0.00951 e. The molecule has 102 valence electrons. The predicted octanol–water partition coefficient (Wildman–Crippen LogP) is 4.62. The maximum absolute atomic E-state index is 3.73. The van der Waals surface area contributed by atoms with E-state index in [9.17, 15) is 0 Å². The summed E-state index contributed by atoms with van der Waals surface area (Å²) in [5.41, 5.74) is 0. The zero-order valence-corrected chi connectivity index (χ0v) is 12.5. The Morgan fingerprint density at radius 1 is 1.00 bits per heavy atom. The molecule has 3 atom stereocenters. The molecule has 1 N–H and O–H groups in total. The van der Waals surface area contributed by atoms with Gasteiger partial charge in [-0.1, -0.05) is 47.0 Å². The van der Waals surface area contributed by atoms with Crippen molar-refractivity contribution < 1.29 is 0 Å². The Hall–Kier alpha value is -0.0400. The van der Waals surface area contributed by atoms with Gasteiger partial charge in [-0.25, -0.2) is 0 Å². The molecule has 1 fully saturated rings. The van der Waals surface area contributed by atoms with Gasteiger partial charge >= 0.3 is 0 Å². The number of nitrogens with one attached hydrogen (secondary N) is 1. The van der Waals surface area contributed by atoms with Crippen molar-refractivity contribution in [2.45, 2.75) is 78.7 Å². The molecule has 1 rings (SSSR count). The van der Waals surface area contributed by atoms with Crippen molar-refractivity contribution in [2.75, 3.05) is 6.54 Å². The standard InChI is InChI=1S/C16H33N/c1-5-8-16(17-6-2)15-10-7-9-14(11-12-15)13(3)4/h13-17H,5-12H2,1-4H3. The van der Waals surface area contributed by atoms with E-state index in [1.54, 1.807) is 0 Å². The number of hydrogen-bond donors (Lipinski definition) is 1. The summed E-state index contributed by atoms with van der Waals surface area (Å²) < 4.78 is 0. The van der Waals surface area contributed by atoms with Crippen LogP contribution in [0.5, 0.6) is 0 Å². The Bertz CT molecular complexity index is 182. The average Bonchev–Trinajstić information content (AvgIpc) is 2.54. The third-order valence-corrected chi connectivity index (χ3v) is 4.64. The SMILES string of the molecule is CCCC(NCC)C1CCCC(C(C)C)CC1. The summed E-state index contributed by atoms with van der Waals surface area (Å²) in [6.45, 7) is 10.5. The maximum Gasteiger partial charge on any atom is 0.00951 e. The normalized spacial score (nSPS) is 28.1.